The first-order valence-corrected chi connectivity index (χ1v) is 9.77. The normalized spacial score (nSPS) is 11.2. The monoisotopic (exact) mass is 432 g/mol. The lowest BCUT2D eigenvalue weighted by Gasteiger charge is -2.07. The molecule has 134 valence electrons. The van der Waals surface area contributed by atoms with Gasteiger partial charge in [0.2, 0.25) is 5.16 Å². The summed E-state index contributed by atoms with van der Waals surface area (Å²) in [5.41, 5.74) is 1.65. The van der Waals surface area contributed by atoms with Gasteiger partial charge in [0.1, 0.15) is 0 Å². The van der Waals surface area contributed by atoms with Gasteiger partial charge in [0.25, 0.3) is 0 Å². The molecule has 0 saturated carbocycles. The number of phenols is 1. The second-order valence-electron chi connectivity index (χ2n) is 5.37. The van der Waals surface area contributed by atoms with E-state index < -0.39 is 0 Å². The number of ether oxygens (including phenoxy) is 1. The fraction of sp³-hybridized carbons (Fsp3) is 0.167. The minimum atomic E-state index is 0.0304. The number of nitrogens with zero attached hydrogens (tertiary/aromatic N) is 4. The van der Waals surface area contributed by atoms with Gasteiger partial charge in [-0.15, -0.1) is 10.2 Å². The molecule has 1 aromatic heterocycles. The third kappa shape index (κ3) is 4.08. The smallest absolute Gasteiger partial charge is 0.211 e. The van der Waals surface area contributed by atoms with E-state index in [0.29, 0.717) is 22.9 Å². The van der Waals surface area contributed by atoms with E-state index in [4.69, 9.17) is 4.74 Å². The van der Waals surface area contributed by atoms with Crippen molar-refractivity contribution in [3.05, 3.63) is 63.9 Å². The van der Waals surface area contributed by atoms with Crippen LogP contribution in [0.1, 0.15) is 17.0 Å². The summed E-state index contributed by atoms with van der Waals surface area (Å²) >= 11 is 4.86. The maximum absolute atomic E-state index is 10.3. The molecule has 0 bridgehead atoms. The number of hydrogen-bond donors (Lipinski definition) is 1. The van der Waals surface area contributed by atoms with E-state index in [0.717, 1.165) is 15.9 Å². The van der Waals surface area contributed by atoms with E-state index in [-0.39, 0.29) is 5.75 Å². The van der Waals surface area contributed by atoms with Crippen LogP contribution in [-0.4, -0.2) is 39.6 Å². The van der Waals surface area contributed by atoms with Crippen molar-refractivity contribution in [1.82, 2.24) is 14.9 Å². The lowest BCUT2D eigenvalue weighted by Crippen LogP contribution is -2.01. The second-order valence-corrected chi connectivity index (χ2v) is 7.06. The highest BCUT2D eigenvalue weighted by Gasteiger charge is 2.12. The zero-order chi connectivity index (χ0) is 18.5. The fourth-order valence-corrected chi connectivity index (χ4v) is 3.30. The van der Waals surface area contributed by atoms with Crippen LogP contribution in [0.25, 0.3) is 0 Å². The van der Waals surface area contributed by atoms with Gasteiger partial charge < -0.3 is 9.84 Å². The summed E-state index contributed by atoms with van der Waals surface area (Å²) in [6, 6.07) is 13.5. The zero-order valence-corrected chi connectivity index (χ0v) is 16.7. The molecule has 0 saturated heterocycles. The summed E-state index contributed by atoms with van der Waals surface area (Å²) < 4.78 is 7.64. The van der Waals surface area contributed by atoms with Gasteiger partial charge in [-0.05, 0) is 24.0 Å². The van der Waals surface area contributed by atoms with Gasteiger partial charge in [0.15, 0.2) is 17.3 Å². The molecule has 3 rings (SSSR count). The van der Waals surface area contributed by atoms with E-state index in [1.165, 1.54) is 18.9 Å². The van der Waals surface area contributed by atoms with Crippen molar-refractivity contribution < 1.29 is 9.84 Å². The maximum Gasteiger partial charge on any atom is 0.211 e. The Hall–Kier alpha value is -2.32. The molecule has 1 N–H and O–H groups in total. The molecule has 6 nitrogen and oxygen atoms in total. The predicted octanol–water partition coefficient (Wildman–Crippen LogP) is 3.95. The molecule has 26 heavy (non-hydrogen) atoms. The summed E-state index contributed by atoms with van der Waals surface area (Å²) in [5, 5.41) is 23.9. The lowest BCUT2D eigenvalue weighted by molar-refractivity contribution is 0.373. The van der Waals surface area contributed by atoms with Crippen LogP contribution in [0.2, 0.25) is 0 Å². The highest BCUT2D eigenvalue weighted by Crippen LogP contribution is 2.32. The minimum absolute atomic E-state index is 0.0304. The number of aromatic nitrogens is 3. The third-order valence-corrected chi connectivity index (χ3v) is 4.74. The number of aromatic hydroxyl groups is 1. The number of benzene rings is 2. The average molecular weight is 433 g/mol. The van der Waals surface area contributed by atoms with Crippen LogP contribution < -0.4 is 4.74 Å². The first-order chi connectivity index (χ1) is 12.6. The molecule has 0 atom stereocenters. The van der Waals surface area contributed by atoms with E-state index in [2.05, 4.69) is 31.2 Å². The first kappa shape index (κ1) is 18.5. The van der Waals surface area contributed by atoms with Gasteiger partial charge in [-0.25, -0.2) is 0 Å². The number of hydrogen-bond acceptors (Lipinski definition) is 6. The molecule has 0 fully saturated rings. The van der Waals surface area contributed by atoms with Crippen molar-refractivity contribution in [2.45, 2.75) is 11.6 Å². The molecule has 0 amide bonds. The van der Waals surface area contributed by atoms with Crippen LogP contribution >= 0.6 is 27.7 Å². The number of rotatable bonds is 6. The van der Waals surface area contributed by atoms with E-state index in [1.54, 1.807) is 23.0 Å². The Kier molecular flexibility index (Phi) is 5.95. The molecule has 2 aromatic carbocycles. The summed E-state index contributed by atoms with van der Waals surface area (Å²) in [6.07, 6.45) is 4.10. The van der Waals surface area contributed by atoms with E-state index in [1.807, 2.05) is 36.6 Å². The Morgan fingerprint density at radius 2 is 2.04 bits per heavy atom. The highest BCUT2D eigenvalue weighted by atomic mass is 79.9. The topological polar surface area (TPSA) is 72.5 Å². The van der Waals surface area contributed by atoms with Gasteiger partial charge in [-0.2, -0.15) is 9.78 Å². The van der Waals surface area contributed by atoms with Crippen LogP contribution in [0.15, 0.2) is 57.2 Å². The van der Waals surface area contributed by atoms with Crippen molar-refractivity contribution in [3.8, 4) is 11.5 Å². The van der Waals surface area contributed by atoms with Gasteiger partial charge >= 0.3 is 0 Å². The molecule has 0 aliphatic rings. The standard InChI is InChI=1S/C18H17BrN4O2S/c1-25-15-10-14(19)9-13(17(15)24)11-20-23-16(21-22-18(23)26-2)8-12-6-4-3-5-7-12/h3-7,9-11,24H,8H2,1-2H3/b20-11-. The van der Waals surface area contributed by atoms with Crippen molar-refractivity contribution in [2.75, 3.05) is 13.4 Å². The molecule has 3 aromatic rings. The zero-order valence-electron chi connectivity index (χ0n) is 14.3. The molecule has 1 heterocycles. The van der Waals surface area contributed by atoms with Gasteiger partial charge in [-0.1, -0.05) is 58.0 Å². The lowest BCUT2D eigenvalue weighted by atomic mass is 10.1. The summed E-state index contributed by atoms with van der Waals surface area (Å²) in [7, 11) is 1.51. The first-order valence-electron chi connectivity index (χ1n) is 7.75. The van der Waals surface area contributed by atoms with Crippen LogP contribution in [0.4, 0.5) is 0 Å². The fourth-order valence-electron chi connectivity index (χ4n) is 2.40. The predicted molar refractivity (Wildman–Crippen MR) is 106 cm³/mol. The van der Waals surface area contributed by atoms with Crippen LogP contribution in [0.3, 0.4) is 0 Å². The van der Waals surface area contributed by atoms with Crippen LogP contribution in [0, 0.1) is 0 Å². The molecule has 0 aliphatic carbocycles. The number of phenolic OH excluding ortho intramolecular Hbond substituents is 1. The molecular weight excluding hydrogens is 416 g/mol. The Balaban J connectivity index is 1.96. The maximum atomic E-state index is 10.3. The average Bonchev–Trinajstić information content (AvgIpc) is 3.04. The Labute approximate surface area is 164 Å². The molecular formula is C18H17BrN4O2S. The van der Waals surface area contributed by atoms with Crippen LogP contribution in [0.5, 0.6) is 11.5 Å². The molecule has 0 spiro atoms. The van der Waals surface area contributed by atoms with Crippen molar-refractivity contribution >= 4 is 33.9 Å². The summed E-state index contributed by atoms with van der Waals surface area (Å²) in [5.74, 6) is 1.13. The largest absolute Gasteiger partial charge is 0.504 e. The number of thioether (sulfide) groups is 1. The molecule has 8 heteroatoms. The van der Waals surface area contributed by atoms with Gasteiger partial charge in [0, 0.05) is 16.5 Å². The van der Waals surface area contributed by atoms with Gasteiger partial charge in [0.05, 0.1) is 13.3 Å². The third-order valence-electron chi connectivity index (χ3n) is 3.67. The highest BCUT2D eigenvalue weighted by molar-refractivity contribution is 9.10. The number of methoxy groups -OCH3 is 1. The van der Waals surface area contributed by atoms with E-state index in [9.17, 15) is 5.11 Å². The number of halogens is 1. The molecule has 0 unspecified atom stereocenters. The Bertz CT molecular complexity index is 928. The Morgan fingerprint density at radius 3 is 2.73 bits per heavy atom. The molecule has 0 aliphatic heterocycles. The molecule has 0 radical (unpaired) electrons. The van der Waals surface area contributed by atoms with Crippen molar-refractivity contribution in [3.63, 3.8) is 0 Å². The van der Waals surface area contributed by atoms with Crippen molar-refractivity contribution in [2.24, 2.45) is 5.10 Å². The summed E-state index contributed by atoms with van der Waals surface area (Å²) in [4.78, 5) is 0. The van der Waals surface area contributed by atoms with E-state index >= 15 is 0 Å². The SMILES string of the molecule is COc1cc(Br)cc(/C=N\n2c(Cc3ccccc3)nnc2SC)c1O. The van der Waals surface area contributed by atoms with Crippen molar-refractivity contribution in [1.29, 1.82) is 0 Å². The Morgan fingerprint density at radius 1 is 1.27 bits per heavy atom. The van der Waals surface area contributed by atoms with Gasteiger partial charge in [-0.3, -0.25) is 0 Å². The minimum Gasteiger partial charge on any atom is -0.504 e. The summed E-state index contributed by atoms with van der Waals surface area (Å²) in [6.45, 7) is 0. The second kappa shape index (κ2) is 8.37. The quantitative estimate of drug-likeness (QED) is 0.471. The van der Waals surface area contributed by atoms with Crippen LogP contribution in [-0.2, 0) is 6.42 Å².